The predicted molar refractivity (Wildman–Crippen MR) is 104 cm³/mol. The minimum absolute atomic E-state index is 0.0994. The maximum Gasteiger partial charge on any atom is 0.119 e. The molecule has 1 aromatic heterocycles. The van der Waals surface area contributed by atoms with Crippen LogP contribution in [-0.2, 0) is 19.3 Å². The van der Waals surface area contributed by atoms with Gasteiger partial charge in [0.15, 0.2) is 0 Å². The Labute approximate surface area is 156 Å². The lowest BCUT2D eigenvalue weighted by Crippen LogP contribution is -2.19. The van der Waals surface area contributed by atoms with Gasteiger partial charge in [-0.05, 0) is 78.5 Å². The maximum atomic E-state index is 10.6. The van der Waals surface area contributed by atoms with Gasteiger partial charge >= 0.3 is 0 Å². The first-order valence-corrected chi connectivity index (χ1v) is 9.45. The molecular formula is C22H30N2O2. The van der Waals surface area contributed by atoms with Crippen molar-refractivity contribution in [2.24, 2.45) is 11.3 Å². The largest absolute Gasteiger partial charge is 0.508 e. The zero-order valence-corrected chi connectivity index (χ0v) is 16.0. The molecule has 1 aliphatic rings. The number of hydrogen-bond acceptors (Lipinski definition) is 4. The molecule has 0 amide bonds. The number of hydrogen-bond donors (Lipinski definition) is 3. The molecule has 0 fully saturated rings. The highest BCUT2D eigenvalue weighted by molar-refractivity contribution is 5.47. The van der Waals surface area contributed by atoms with E-state index in [0.29, 0.717) is 18.2 Å². The van der Waals surface area contributed by atoms with Crippen LogP contribution >= 0.6 is 0 Å². The number of aromatic hydroxyl groups is 1. The second kappa shape index (κ2) is 7.77. The second-order valence-corrected chi connectivity index (χ2v) is 8.39. The highest BCUT2D eigenvalue weighted by atomic mass is 16.3. The third-order valence-electron chi connectivity index (χ3n) is 5.44. The summed E-state index contributed by atoms with van der Waals surface area (Å²) in [5.41, 5.74) is 4.43. The first-order chi connectivity index (χ1) is 12.4. The molecule has 0 spiro atoms. The zero-order valence-electron chi connectivity index (χ0n) is 16.0. The Bertz CT molecular complexity index is 743. The van der Waals surface area contributed by atoms with E-state index in [1.165, 1.54) is 5.56 Å². The van der Waals surface area contributed by atoms with Gasteiger partial charge < -0.3 is 15.5 Å². The van der Waals surface area contributed by atoms with Gasteiger partial charge in [-0.3, -0.25) is 4.98 Å². The van der Waals surface area contributed by atoms with Gasteiger partial charge in [0.25, 0.3) is 0 Å². The molecule has 3 N–H and O–H groups in total. The van der Waals surface area contributed by atoms with E-state index < -0.39 is 6.10 Å². The summed E-state index contributed by atoms with van der Waals surface area (Å²) in [4.78, 5) is 4.25. The average molecular weight is 354 g/mol. The van der Waals surface area contributed by atoms with Crippen LogP contribution < -0.4 is 5.32 Å². The fourth-order valence-corrected chi connectivity index (χ4v) is 4.44. The van der Waals surface area contributed by atoms with Crippen molar-refractivity contribution in [3.63, 3.8) is 0 Å². The minimum Gasteiger partial charge on any atom is -0.508 e. The normalized spacial score (nSPS) is 20.2. The first kappa shape index (κ1) is 18.9. The van der Waals surface area contributed by atoms with Gasteiger partial charge in [-0.25, -0.2) is 0 Å². The molecule has 1 aliphatic carbocycles. The van der Waals surface area contributed by atoms with Crippen LogP contribution in [0.3, 0.4) is 0 Å². The van der Waals surface area contributed by atoms with E-state index >= 15 is 0 Å². The number of benzene rings is 1. The highest BCUT2D eigenvalue weighted by Gasteiger charge is 2.32. The van der Waals surface area contributed by atoms with Crippen molar-refractivity contribution in [2.75, 3.05) is 13.6 Å². The van der Waals surface area contributed by atoms with Crippen LogP contribution in [0.2, 0.25) is 0 Å². The Kier molecular flexibility index (Phi) is 5.64. The Morgan fingerprint density at radius 1 is 1.27 bits per heavy atom. The third kappa shape index (κ3) is 4.25. The maximum absolute atomic E-state index is 10.6. The van der Waals surface area contributed by atoms with Gasteiger partial charge in [0.05, 0.1) is 6.10 Å². The van der Waals surface area contributed by atoms with E-state index in [1.807, 2.05) is 25.4 Å². The quantitative estimate of drug-likeness (QED) is 0.720. The Morgan fingerprint density at radius 3 is 2.77 bits per heavy atom. The van der Waals surface area contributed by atoms with Crippen molar-refractivity contribution < 1.29 is 10.2 Å². The first-order valence-electron chi connectivity index (χ1n) is 9.45. The molecule has 4 nitrogen and oxygen atoms in total. The zero-order chi connectivity index (χ0) is 18.7. The van der Waals surface area contributed by atoms with Crippen LogP contribution in [0.4, 0.5) is 0 Å². The fourth-order valence-electron chi connectivity index (χ4n) is 4.44. The minimum atomic E-state index is -0.561. The average Bonchev–Trinajstić information content (AvgIpc) is 2.72. The van der Waals surface area contributed by atoms with Crippen LogP contribution in [-0.4, -0.2) is 28.8 Å². The lowest BCUT2D eigenvalue weighted by Gasteiger charge is -2.26. The molecule has 0 saturated carbocycles. The van der Waals surface area contributed by atoms with Crippen molar-refractivity contribution in [2.45, 2.75) is 45.6 Å². The van der Waals surface area contributed by atoms with E-state index in [4.69, 9.17) is 0 Å². The Hall–Kier alpha value is -1.91. The summed E-state index contributed by atoms with van der Waals surface area (Å²) in [6.07, 6.45) is 6.94. The smallest absolute Gasteiger partial charge is 0.119 e. The van der Waals surface area contributed by atoms with Crippen LogP contribution in [0.25, 0.3) is 0 Å². The molecule has 26 heavy (non-hydrogen) atoms. The highest BCUT2D eigenvalue weighted by Crippen LogP contribution is 2.42. The molecule has 3 rings (SSSR count). The number of aliphatic hydroxyl groups excluding tert-OH is 1. The molecule has 4 heteroatoms. The van der Waals surface area contributed by atoms with Crippen molar-refractivity contribution >= 4 is 0 Å². The SMILES string of the molecule is CNC[C@H](O)c1ccc(O)c2c1C[C@@H](Cc1cccnc1)CC(C)(C)C2. The Balaban J connectivity index is 1.99. The van der Waals surface area contributed by atoms with E-state index in [1.54, 1.807) is 12.3 Å². The van der Waals surface area contributed by atoms with Gasteiger partial charge in [-0.1, -0.05) is 26.0 Å². The lowest BCUT2D eigenvalue weighted by atomic mass is 9.78. The number of aliphatic hydroxyl groups is 1. The van der Waals surface area contributed by atoms with Crippen molar-refractivity contribution in [3.05, 3.63) is 58.9 Å². The number of phenols is 1. The topological polar surface area (TPSA) is 65.4 Å². The lowest BCUT2D eigenvalue weighted by molar-refractivity contribution is 0.176. The predicted octanol–water partition coefficient (Wildman–Crippen LogP) is 3.41. The summed E-state index contributed by atoms with van der Waals surface area (Å²) >= 11 is 0. The van der Waals surface area contributed by atoms with Crippen molar-refractivity contribution in [3.8, 4) is 5.75 Å². The molecule has 0 unspecified atom stereocenters. The van der Waals surface area contributed by atoms with Crippen LogP contribution in [0.15, 0.2) is 36.7 Å². The number of rotatable bonds is 5. The number of likely N-dealkylation sites (N-methyl/N-ethyl adjacent to an activating group) is 1. The van der Waals surface area contributed by atoms with Crippen LogP contribution in [0.5, 0.6) is 5.75 Å². The number of nitrogens with zero attached hydrogens (tertiary/aromatic N) is 1. The number of phenolic OH excluding ortho intramolecular Hbond substituents is 1. The van der Waals surface area contributed by atoms with E-state index in [-0.39, 0.29) is 5.41 Å². The summed E-state index contributed by atoms with van der Waals surface area (Å²) in [7, 11) is 1.84. The van der Waals surface area contributed by atoms with Crippen molar-refractivity contribution in [1.29, 1.82) is 0 Å². The van der Waals surface area contributed by atoms with Gasteiger partial charge in [-0.2, -0.15) is 0 Å². The summed E-state index contributed by atoms with van der Waals surface area (Å²) in [5.74, 6) is 0.813. The number of fused-ring (bicyclic) bond motifs is 1. The fraction of sp³-hybridized carbons (Fsp3) is 0.500. The summed E-state index contributed by atoms with van der Waals surface area (Å²) in [6.45, 7) is 5.05. The van der Waals surface area contributed by atoms with E-state index in [2.05, 4.69) is 30.2 Å². The molecule has 2 aromatic rings. The number of nitrogens with one attached hydrogen (secondary N) is 1. The number of pyridine rings is 1. The summed E-state index contributed by atoms with van der Waals surface area (Å²) in [6, 6.07) is 7.74. The van der Waals surface area contributed by atoms with Gasteiger partial charge in [0.2, 0.25) is 0 Å². The van der Waals surface area contributed by atoms with Crippen LogP contribution in [0, 0.1) is 11.3 Å². The Morgan fingerprint density at radius 2 is 2.08 bits per heavy atom. The third-order valence-corrected chi connectivity index (χ3v) is 5.44. The second-order valence-electron chi connectivity index (χ2n) is 8.39. The van der Waals surface area contributed by atoms with Crippen molar-refractivity contribution in [1.82, 2.24) is 10.3 Å². The van der Waals surface area contributed by atoms with E-state index in [0.717, 1.165) is 42.4 Å². The van der Waals surface area contributed by atoms with Gasteiger partial charge in [0.1, 0.15) is 5.75 Å². The molecule has 1 heterocycles. The van der Waals surface area contributed by atoms with Crippen LogP contribution in [0.1, 0.15) is 48.6 Å². The molecule has 0 aliphatic heterocycles. The molecule has 2 atom stereocenters. The van der Waals surface area contributed by atoms with Gasteiger partial charge in [-0.15, -0.1) is 0 Å². The molecule has 140 valence electrons. The summed E-state index contributed by atoms with van der Waals surface area (Å²) < 4.78 is 0. The summed E-state index contributed by atoms with van der Waals surface area (Å²) in [5, 5.41) is 24.2. The molecule has 1 aromatic carbocycles. The number of aromatic nitrogens is 1. The molecular weight excluding hydrogens is 324 g/mol. The monoisotopic (exact) mass is 354 g/mol. The van der Waals surface area contributed by atoms with Gasteiger partial charge in [0, 0.05) is 18.9 Å². The molecule has 0 radical (unpaired) electrons. The molecule has 0 saturated heterocycles. The standard InChI is InChI=1S/C22H30N2O2/c1-22(2)11-16(9-15-5-4-8-24-13-15)10-18-17(21(26)14-23-3)6-7-20(25)19(18)12-22/h4-8,13,16,21,23,25-26H,9-12,14H2,1-3H3/t16-,21+/m1/s1. The van der Waals surface area contributed by atoms with E-state index in [9.17, 15) is 10.2 Å². The molecule has 0 bridgehead atoms.